The van der Waals surface area contributed by atoms with Crippen molar-refractivity contribution in [2.75, 3.05) is 23.3 Å². The number of amides is 1. The SMILES string of the molecule is CCc1oc(N2CCCC2)nc1C(=O)Nc1cc(C)c(OC2CC3CC(C3)C2)c(F)c1. The van der Waals surface area contributed by atoms with Gasteiger partial charge in [-0.3, -0.25) is 4.79 Å². The number of carbonyl (C=O) groups excluding carboxylic acids is 1. The molecule has 1 aliphatic heterocycles. The number of rotatable bonds is 6. The Hall–Kier alpha value is -2.57. The molecule has 1 amide bonds. The van der Waals surface area contributed by atoms with Crippen LogP contribution < -0.4 is 15.0 Å². The van der Waals surface area contributed by atoms with Gasteiger partial charge in [0.2, 0.25) is 0 Å². The van der Waals surface area contributed by atoms with Crippen LogP contribution in [0.1, 0.15) is 67.3 Å². The normalized spacial score (nSPS) is 24.7. The molecule has 1 saturated heterocycles. The van der Waals surface area contributed by atoms with Crippen molar-refractivity contribution in [1.29, 1.82) is 0 Å². The molecule has 1 aromatic carbocycles. The number of aryl methyl sites for hydroxylation is 2. The lowest BCUT2D eigenvalue weighted by Crippen LogP contribution is -2.39. The topological polar surface area (TPSA) is 67.6 Å². The molecular formula is C24H30FN3O3. The second kappa shape index (κ2) is 8.17. The number of aromatic nitrogens is 1. The Morgan fingerprint density at radius 1 is 1.23 bits per heavy atom. The molecule has 0 spiro atoms. The fourth-order valence-electron chi connectivity index (χ4n) is 5.30. The number of oxazole rings is 1. The number of fused-ring (bicyclic) bond motifs is 2. The zero-order valence-corrected chi connectivity index (χ0v) is 18.2. The molecule has 1 N–H and O–H groups in total. The second-order valence-corrected chi connectivity index (χ2v) is 9.29. The number of halogens is 1. The number of nitrogens with zero attached hydrogens (tertiary/aromatic N) is 2. The van der Waals surface area contributed by atoms with Gasteiger partial charge in [-0.25, -0.2) is 4.39 Å². The Balaban J connectivity index is 1.30. The molecule has 1 aromatic heterocycles. The van der Waals surface area contributed by atoms with Gasteiger partial charge in [0.15, 0.2) is 17.3 Å². The second-order valence-electron chi connectivity index (χ2n) is 9.29. The highest BCUT2D eigenvalue weighted by molar-refractivity contribution is 6.03. The van der Waals surface area contributed by atoms with E-state index in [2.05, 4.69) is 15.2 Å². The number of anilines is 2. The fourth-order valence-corrected chi connectivity index (χ4v) is 5.30. The van der Waals surface area contributed by atoms with Crippen LogP contribution in [0.4, 0.5) is 16.1 Å². The zero-order valence-electron chi connectivity index (χ0n) is 18.2. The summed E-state index contributed by atoms with van der Waals surface area (Å²) in [5, 5.41) is 2.79. The van der Waals surface area contributed by atoms with Crippen molar-refractivity contribution < 1.29 is 18.3 Å². The van der Waals surface area contributed by atoms with E-state index in [-0.39, 0.29) is 17.7 Å². The summed E-state index contributed by atoms with van der Waals surface area (Å²) in [6.45, 7) is 5.52. The van der Waals surface area contributed by atoms with Crippen molar-refractivity contribution in [3.63, 3.8) is 0 Å². The van der Waals surface area contributed by atoms with E-state index in [4.69, 9.17) is 9.15 Å². The van der Waals surface area contributed by atoms with Crippen LogP contribution in [0.25, 0.3) is 0 Å². The van der Waals surface area contributed by atoms with Crippen LogP contribution in [0, 0.1) is 24.6 Å². The van der Waals surface area contributed by atoms with Crippen LogP contribution in [0.5, 0.6) is 5.75 Å². The van der Waals surface area contributed by atoms with E-state index in [0.29, 0.717) is 35.2 Å². The Morgan fingerprint density at radius 2 is 1.94 bits per heavy atom. The maximum Gasteiger partial charge on any atom is 0.298 e. The van der Waals surface area contributed by atoms with E-state index < -0.39 is 5.82 Å². The van der Waals surface area contributed by atoms with E-state index in [0.717, 1.165) is 50.6 Å². The van der Waals surface area contributed by atoms with Gasteiger partial charge in [-0.1, -0.05) is 6.92 Å². The first-order valence-corrected chi connectivity index (χ1v) is 11.5. The molecule has 4 aliphatic rings. The lowest BCUT2D eigenvalue weighted by molar-refractivity contribution is 0.0109. The predicted molar refractivity (Wildman–Crippen MR) is 116 cm³/mol. The third kappa shape index (κ3) is 4.02. The third-order valence-corrected chi connectivity index (χ3v) is 6.90. The highest BCUT2D eigenvalue weighted by Gasteiger charge is 2.39. The predicted octanol–water partition coefficient (Wildman–Crippen LogP) is 5.10. The zero-order chi connectivity index (χ0) is 21.5. The van der Waals surface area contributed by atoms with E-state index >= 15 is 0 Å². The van der Waals surface area contributed by atoms with Crippen molar-refractivity contribution >= 4 is 17.6 Å². The lowest BCUT2D eigenvalue weighted by atomic mass is 9.64. The van der Waals surface area contributed by atoms with Crippen LogP contribution in [-0.2, 0) is 6.42 Å². The molecule has 0 atom stereocenters. The summed E-state index contributed by atoms with van der Waals surface area (Å²) in [5.74, 6) is 1.51. The van der Waals surface area contributed by atoms with Gasteiger partial charge in [-0.05, 0) is 68.9 Å². The Labute approximate surface area is 182 Å². The van der Waals surface area contributed by atoms with Gasteiger partial charge in [0, 0.05) is 31.3 Å². The summed E-state index contributed by atoms with van der Waals surface area (Å²) >= 11 is 0. The van der Waals surface area contributed by atoms with Crippen LogP contribution in [0.2, 0.25) is 0 Å². The molecule has 2 bridgehead atoms. The number of nitrogens with one attached hydrogen (secondary N) is 1. The number of ether oxygens (including phenoxy) is 1. The lowest BCUT2D eigenvalue weighted by Gasteiger charge is -2.45. The first-order valence-electron chi connectivity index (χ1n) is 11.5. The Kier molecular flexibility index (Phi) is 5.36. The minimum Gasteiger partial charge on any atom is -0.487 e. The first kappa shape index (κ1) is 20.3. The molecule has 4 fully saturated rings. The van der Waals surface area contributed by atoms with Crippen LogP contribution in [0.15, 0.2) is 16.5 Å². The quantitative estimate of drug-likeness (QED) is 0.694. The highest BCUT2D eigenvalue weighted by atomic mass is 19.1. The smallest absolute Gasteiger partial charge is 0.298 e. The molecule has 3 saturated carbocycles. The van der Waals surface area contributed by atoms with Crippen molar-refractivity contribution in [2.24, 2.45) is 11.8 Å². The summed E-state index contributed by atoms with van der Waals surface area (Å²) in [6.07, 6.45) is 7.48. The van der Waals surface area contributed by atoms with Crippen molar-refractivity contribution in [3.05, 3.63) is 35.0 Å². The molecule has 6 nitrogen and oxygen atoms in total. The minimum absolute atomic E-state index is 0.0948. The molecule has 0 radical (unpaired) electrons. The van der Waals surface area contributed by atoms with E-state index in [1.54, 1.807) is 6.07 Å². The van der Waals surface area contributed by atoms with Crippen molar-refractivity contribution in [3.8, 4) is 5.75 Å². The number of benzene rings is 1. The van der Waals surface area contributed by atoms with E-state index in [1.807, 2.05) is 13.8 Å². The maximum absolute atomic E-state index is 14.9. The summed E-state index contributed by atoms with van der Waals surface area (Å²) in [4.78, 5) is 19.4. The molecule has 3 aliphatic carbocycles. The molecule has 2 aromatic rings. The maximum atomic E-state index is 14.9. The highest BCUT2D eigenvalue weighted by Crippen LogP contribution is 2.47. The standard InChI is InChI=1S/C24H30FN3O3/c1-3-20-21(27-24(31-20)28-6-4-5-7-28)23(29)26-17-8-14(2)22(19(25)13-17)30-18-11-15-9-16(10-15)12-18/h8,13,15-16,18H,3-7,9-12H2,1-2H3,(H,26,29). The van der Waals surface area contributed by atoms with Gasteiger partial charge in [-0.2, -0.15) is 4.98 Å². The number of carbonyl (C=O) groups is 1. The molecule has 7 heteroatoms. The Bertz CT molecular complexity index is 943. The van der Waals surface area contributed by atoms with Gasteiger partial charge in [0.05, 0.1) is 6.10 Å². The summed E-state index contributed by atoms with van der Waals surface area (Å²) in [7, 11) is 0. The van der Waals surface area contributed by atoms with Crippen LogP contribution in [-0.4, -0.2) is 30.1 Å². The number of hydrogen-bond acceptors (Lipinski definition) is 5. The average molecular weight is 428 g/mol. The minimum atomic E-state index is -0.442. The van der Waals surface area contributed by atoms with Gasteiger partial charge in [0.25, 0.3) is 11.9 Å². The molecule has 6 rings (SSSR count). The van der Waals surface area contributed by atoms with Gasteiger partial charge in [0.1, 0.15) is 5.76 Å². The molecule has 2 heterocycles. The average Bonchev–Trinajstić information content (AvgIpc) is 3.40. The molecule has 31 heavy (non-hydrogen) atoms. The van der Waals surface area contributed by atoms with Gasteiger partial charge >= 0.3 is 0 Å². The largest absolute Gasteiger partial charge is 0.487 e. The molecule has 166 valence electrons. The summed E-state index contributed by atoms with van der Waals surface area (Å²) < 4.78 is 26.7. The summed E-state index contributed by atoms with van der Waals surface area (Å²) in [5.41, 5.74) is 1.35. The van der Waals surface area contributed by atoms with Crippen molar-refractivity contribution in [2.45, 2.75) is 64.9 Å². The molecule has 0 unspecified atom stereocenters. The van der Waals surface area contributed by atoms with E-state index in [1.165, 1.54) is 18.9 Å². The summed E-state index contributed by atoms with van der Waals surface area (Å²) in [6, 6.07) is 3.58. The number of hydrogen-bond donors (Lipinski definition) is 1. The van der Waals surface area contributed by atoms with E-state index in [9.17, 15) is 9.18 Å². The molecular weight excluding hydrogens is 397 g/mol. The van der Waals surface area contributed by atoms with Gasteiger partial charge in [-0.15, -0.1) is 0 Å². The monoisotopic (exact) mass is 427 g/mol. The van der Waals surface area contributed by atoms with Gasteiger partial charge < -0.3 is 19.4 Å². The van der Waals surface area contributed by atoms with Crippen LogP contribution >= 0.6 is 0 Å². The van der Waals surface area contributed by atoms with Crippen LogP contribution in [0.3, 0.4) is 0 Å². The fraction of sp³-hybridized carbons (Fsp3) is 0.583. The first-order chi connectivity index (χ1) is 15.0. The third-order valence-electron chi connectivity index (χ3n) is 6.90. The Morgan fingerprint density at radius 3 is 2.58 bits per heavy atom. The van der Waals surface area contributed by atoms with Crippen molar-refractivity contribution in [1.82, 2.24) is 4.98 Å².